The molecular weight excluding hydrogens is 744 g/mol. The van der Waals surface area contributed by atoms with Crippen molar-refractivity contribution in [3.63, 3.8) is 0 Å². The fourth-order valence-electron chi connectivity index (χ4n) is 7.21. The molecule has 9 heteroatoms. The Hall–Kier alpha value is -1.02. The monoisotopic (exact) mass is 842 g/mol. The van der Waals surface area contributed by atoms with Crippen LogP contribution in [-0.4, -0.2) is 73.4 Å². The summed E-state index contributed by atoms with van der Waals surface area (Å²) in [5, 5.41) is 13.8. The van der Waals surface area contributed by atoms with Crippen molar-refractivity contribution in [3.05, 3.63) is 24.3 Å². The van der Waals surface area contributed by atoms with Crippen molar-refractivity contribution in [2.75, 3.05) is 40.9 Å². The summed E-state index contributed by atoms with van der Waals surface area (Å²) in [7, 11) is 1.57. The van der Waals surface area contributed by atoms with E-state index in [9.17, 15) is 19.4 Å². The molecule has 0 aliphatic heterocycles. The van der Waals surface area contributed by atoms with Gasteiger partial charge in [0.2, 0.25) is 5.91 Å². The van der Waals surface area contributed by atoms with E-state index in [1.165, 1.54) is 161 Å². The zero-order valence-corrected chi connectivity index (χ0v) is 39.9. The molecule has 3 atom stereocenters. The van der Waals surface area contributed by atoms with E-state index < -0.39 is 20.0 Å². The zero-order valence-electron chi connectivity index (χ0n) is 39.0. The normalized spacial score (nSPS) is 14.4. The highest BCUT2D eigenvalue weighted by Crippen LogP contribution is 2.43. The number of aliphatic hydroxyl groups is 1. The maximum Gasteiger partial charge on any atom is 0.472 e. The summed E-state index contributed by atoms with van der Waals surface area (Å²) in [5.41, 5.74) is 0. The molecule has 3 unspecified atom stereocenters. The summed E-state index contributed by atoms with van der Waals surface area (Å²) in [4.78, 5) is 23.1. The molecule has 0 saturated heterocycles. The van der Waals surface area contributed by atoms with E-state index in [0.29, 0.717) is 17.4 Å². The van der Waals surface area contributed by atoms with Gasteiger partial charge in [-0.15, -0.1) is 0 Å². The molecule has 344 valence electrons. The number of carbonyl (C=O) groups excluding carboxylic acids is 1. The summed E-state index contributed by atoms with van der Waals surface area (Å²) in [6.45, 7) is 4.81. The number of nitrogens with zero attached hydrogens (tertiary/aromatic N) is 1. The number of aliphatic hydroxyl groups excluding tert-OH is 1. The molecule has 0 fully saturated rings. The minimum atomic E-state index is -4.34. The molecule has 0 bridgehead atoms. The van der Waals surface area contributed by atoms with Gasteiger partial charge in [-0.25, -0.2) is 4.57 Å². The predicted molar refractivity (Wildman–Crippen MR) is 249 cm³/mol. The van der Waals surface area contributed by atoms with E-state index in [4.69, 9.17) is 9.05 Å². The summed E-state index contributed by atoms with van der Waals surface area (Å²) in [5.74, 6) is -0.192. The number of nitrogens with one attached hydrogen (secondary N) is 1. The third-order valence-electron chi connectivity index (χ3n) is 11.2. The van der Waals surface area contributed by atoms with Crippen LogP contribution in [-0.2, 0) is 18.4 Å². The van der Waals surface area contributed by atoms with E-state index in [1.54, 1.807) is 6.08 Å². The first-order valence-electron chi connectivity index (χ1n) is 24.7. The van der Waals surface area contributed by atoms with Crippen LogP contribution >= 0.6 is 7.82 Å². The van der Waals surface area contributed by atoms with Gasteiger partial charge >= 0.3 is 7.82 Å². The van der Waals surface area contributed by atoms with Crippen LogP contribution in [0, 0.1) is 0 Å². The molecule has 0 heterocycles. The lowest BCUT2D eigenvalue weighted by atomic mass is 10.0. The van der Waals surface area contributed by atoms with Gasteiger partial charge in [0, 0.05) is 6.42 Å². The summed E-state index contributed by atoms with van der Waals surface area (Å²) in [6.07, 6.45) is 49.7. The van der Waals surface area contributed by atoms with Crippen LogP contribution in [0.3, 0.4) is 0 Å². The Labute approximate surface area is 360 Å². The standard InChI is InChI=1S/C49H97N2O6P/c1-6-8-10-12-14-16-18-20-21-22-23-24-25-26-27-28-29-31-32-34-36-38-40-42-48(52)47(46-57-58(54,55)56-45-44-51(3,4)5)50-49(53)43-41-39-37-35-33-30-19-17-15-13-11-9-7-2/h30,33,40,42,47-48,52H,6-29,31-32,34-39,41,43-46H2,1-5H3,(H-,50,53,54,55)/p+1/b33-30-,42-40+. The van der Waals surface area contributed by atoms with Gasteiger partial charge < -0.3 is 19.8 Å². The zero-order chi connectivity index (χ0) is 42.8. The number of amides is 1. The third kappa shape index (κ3) is 43.1. The van der Waals surface area contributed by atoms with E-state index >= 15 is 0 Å². The average Bonchev–Trinajstić information content (AvgIpc) is 3.17. The third-order valence-corrected chi connectivity index (χ3v) is 12.1. The van der Waals surface area contributed by atoms with E-state index in [0.717, 1.165) is 51.4 Å². The highest BCUT2D eigenvalue weighted by atomic mass is 31.2. The number of rotatable bonds is 45. The first kappa shape index (κ1) is 57.0. The SMILES string of the molecule is CCCCCCCC/C=C\CCCCCC(=O)NC(COP(=O)(O)OCC[N+](C)(C)C)C(O)/C=C/CCCCCCCCCCCCCCCCCCCCCCC. The molecule has 3 N–H and O–H groups in total. The van der Waals surface area contributed by atoms with Crippen molar-refractivity contribution in [1.82, 2.24) is 5.32 Å². The van der Waals surface area contributed by atoms with Crippen molar-refractivity contribution in [3.8, 4) is 0 Å². The number of carbonyl (C=O) groups is 1. The highest BCUT2D eigenvalue weighted by molar-refractivity contribution is 7.47. The second-order valence-corrected chi connectivity index (χ2v) is 19.6. The largest absolute Gasteiger partial charge is 0.472 e. The molecule has 0 aromatic heterocycles. The van der Waals surface area contributed by atoms with Crippen LogP contribution < -0.4 is 5.32 Å². The van der Waals surface area contributed by atoms with Crippen LogP contribution in [0.15, 0.2) is 24.3 Å². The molecule has 0 aliphatic carbocycles. The lowest BCUT2D eigenvalue weighted by molar-refractivity contribution is -0.870. The van der Waals surface area contributed by atoms with Gasteiger partial charge in [0.15, 0.2) is 0 Å². The van der Waals surface area contributed by atoms with Crippen molar-refractivity contribution < 1.29 is 32.9 Å². The fraction of sp³-hybridized carbons (Fsp3) is 0.898. The fourth-order valence-corrected chi connectivity index (χ4v) is 7.95. The molecule has 0 saturated carbocycles. The van der Waals surface area contributed by atoms with Gasteiger partial charge in [-0.05, 0) is 44.9 Å². The number of unbranched alkanes of at least 4 members (excludes halogenated alkanes) is 30. The Morgan fingerprint density at radius 1 is 0.569 bits per heavy atom. The Bertz CT molecular complexity index is 1000. The molecule has 0 radical (unpaired) electrons. The lowest BCUT2D eigenvalue weighted by Gasteiger charge is -2.25. The topological polar surface area (TPSA) is 105 Å². The van der Waals surface area contributed by atoms with E-state index in [1.807, 2.05) is 27.2 Å². The molecular formula is C49H98N2O6P+. The van der Waals surface area contributed by atoms with Crippen LogP contribution in [0.2, 0.25) is 0 Å². The van der Waals surface area contributed by atoms with E-state index in [-0.39, 0.29) is 19.1 Å². The van der Waals surface area contributed by atoms with Gasteiger partial charge in [-0.1, -0.05) is 205 Å². The maximum atomic E-state index is 12.9. The van der Waals surface area contributed by atoms with Gasteiger partial charge in [-0.3, -0.25) is 13.8 Å². The van der Waals surface area contributed by atoms with Crippen molar-refractivity contribution in [2.45, 2.75) is 244 Å². The smallest absolute Gasteiger partial charge is 0.387 e. The first-order chi connectivity index (χ1) is 28.0. The number of quaternary nitrogens is 1. The average molecular weight is 842 g/mol. The Kier molecular flexibility index (Phi) is 40.6. The summed E-state index contributed by atoms with van der Waals surface area (Å²) < 4.78 is 23.6. The minimum Gasteiger partial charge on any atom is -0.387 e. The summed E-state index contributed by atoms with van der Waals surface area (Å²) in [6, 6.07) is -0.851. The van der Waals surface area contributed by atoms with Crippen LogP contribution in [0.25, 0.3) is 0 Å². The molecule has 0 aliphatic rings. The molecule has 0 spiro atoms. The highest BCUT2D eigenvalue weighted by Gasteiger charge is 2.27. The van der Waals surface area contributed by atoms with Crippen molar-refractivity contribution in [2.24, 2.45) is 0 Å². The van der Waals surface area contributed by atoms with Crippen molar-refractivity contribution in [1.29, 1.82) is 0 Å². The van der Waals surface area contributed by atoms with Crippen molar-refractivity contribution >= 4 is 13.7 Å². The lowest BCUT2D eigenvalue weighted by Crippen LogP contribution is -2.45. The number of hydrogen-bond donors (Lipinski definition) is 3. The maximum absolute atomic E-state index is 12.9. The van der Waals surface area contributed by atoms with E-state index in [2.05, 4.69) is 31.3 Å². The molecule has 0 rings (SSSR count). The van der Waals surface area contributed by atoms with Crippen LogP contribution in [0.5, 0.6) is 0 Å². The minimum absolute atomic E-state index is 0.0600. The second-order valence-electron chi connectivity index (χ2n) is 18.2. The van der Waals surface area contributed by atoms with Gasteiger partial charge in [0.05, 0.1) is 39.9 Å². The Morgan fingerprint density at radius 3 is 1.33 bits per heavy atom. The predicted octanol–water partition coefficient (Wildman–Crippen LogP) is 14.1. The van der Waals surface area contributed by atoms with Gasteiger partial charge in [0.1, 0.15) is 13.2 Å². The number of allylic oxidation sites excluding steroid dienone is 3. The molecule has 1 amide bonds. The number of likely N-dealkylation sites (N-methyl/N-ethyl adjacent to an activating group) is 1. The molecule has 58 heavy (non-hydrogen) atoms. The van der Waals surface area contributed by atoms with Crippen LogP contribution in [0.1, 0.15) is 232 Å². The number of hydrogen-bond acceptors (Lipinski definition) is 5. The molecule has 8 nitrogen and oxygen atoms in total. The van der Waals surface area contributed by atoms with Crippen LogP contribution in [0.4, 0.5) is 0 Å². The molecule has 0 aromatic rings. The molecule has 0 aromatic carbocycles. The van der Waals surface area contributed by atoms with Gasteiger partial charge in [-0.2, -0.15) is 0 Å². The number of phosphoric acid groups is 1. The quantitative estimate of drug-likeness (QED) is 0.0244. The summed E-state index contributed by atoms with van der Waals surface area (Å²) >= 11 is 0. The van der Waals surface area contributed by atoms with Gasteiger partial charge in [0.25, 0.3) is 0 Å². The number of phosphoric ester groups is 1. The Balaban J connectivity index is 4.29. The first-order valence-corrected chi connectivity index (χ1v) is 26.2. The Morgan fingerprint density at radius 2 is 0.931 bits per heavy atom. The second kappa shape index (κ2) is 41.3.